The molecule has 0 radical (unpaired) electrons. The van der Waals surface area contributed by atoms with E-state index in [2.05, 4.69) is 49.9 Å². The second-order valence-electron chi connectivity index (χ2n) is 12.4. The number of nitrogens with zero attached hydrogens (tertiary/aromatic N) is 2. The zero-order valence-electron chi connectivity index (χ0n) is 23.6. The van der Waals surface area contributed by atoms with Gasteiger partial charge < -0.3 is 9.80 Å². The lowest BCUT2D eigenvalue weighted by Crippen LogP contribution is -2.40. The number of alkyl halides is 3. The fraction of sp³-hybridized carbons (Fsp3) is 0.606. The minimum atomic E-state index is -4.26. The van der Waals surface area contributed by atoms with Gasteiger partial charge in [-0.15, -0.1) is 0 Å². The van der Waals surface area contributed by atoms with E-state index in [-0.39, 0.29) is 35.4 Å². The van der Waals surface area contributed by atoms with Crippen LogP contribution in [0.15, 0.2) is 53.4 Å². The summed E-state index contributed by atoms with van der Waals surface area (Å²) in [6.07, 6.45) is 7.89. The van der Waals surface area contributed by atoms with Crippen molar-refractivity contribution in [1.29, 1.82) is 0 Å². The number of piperidine rings is 2. The summed E-state index contributed by atoms with van der Waals surface area (Å²) in [5.41, 5.74) is -0.373. The molecule has 0 spiro atoms. The normalized spacial score (nSPS) is 18.9. The molecule has 0 unspecified atom stereocenters. The van der Waals surface area contributed by atoms with Gasteiger partial charge in [-0.2, -0.15) is 13.2 Å². The first-order valence-corrected chi connectivity index (χ1v) is 15.3. The molecule has 2 aromatic carbocycles. The van der Waals surface area contributed by atoms with Crippen molar-refractivity contribution in [3.05, 3.63) is 59.7 Å². The molecule has 0 aliphatic carbocycles. The lowest BCUT2D eigenvalue weighted by atomic mass is 9.87. The van der Waals surface area contributed by atoms with Crippen LogP contribution in [0.1, 0.15) is 84.3 Å². The van der Waals surface area contributed by atoms with Crippen LogP contribution in [0.2, 0.25) is 0 Å². The molecular formula is C33H47F3N2OS. The van der Waals surface area contributed by atoms with E-state index in [0.717, 1.165) is 63.8 Å². The van der Waals surface area contributed by atoms with E-state index >= 15 is 0 Å². The van der Waals surface area contributed by atoms with Crippen molar-refractivity contribution in [2.75, 3.05) is 31.1 Å². The molecule has 2 aliphatic heterocycles. The standard InChI is InChI=1S/C32H43F3N2OS.CH4/c1-31(2,3)27-11-13-28(14-12-27)36-20-17-24(18-21-36)6-4-8-30(38)37-19-5-7-26(23-37)22-25-9-15-29(16-10-25)39-32(33,34)35;/h9-16,24,26H,4-8,17-23H2,1-3H3;1H4/t26-;/m1./s1. The molecule has 2 saturated heterocycles. The molecule has 2 aromatic rings. The predicted octanol–water partition coefficient (Wildman–Crippen LogP) is 9.10. The highest BCUT2D eigenvalue weighted by atomic mass is 32.2. The molecular weight excluding hydrogens is 529 g/mol. The molecule has 2 fully saturated rings. The van der Waals surface area contributed by atoms with Crippen molar-refractivity contribution < 1.29 is 18.0 Å². The fourth-order valence-electron chi connectivity index (χ4n) is 5.97. The number of benzene rings is 2. The summed E-state index contributed by atoms with van der Waals surface area (Å²) in [5.74, 6) is 1.31. The summed E-state index contributed by atoms with van der Waals surface area (Å²) in [5, 5.41) is 0. The molecule has 1 atom stereocenters. The SMILES string of the molecule is C.CC(C)(C)c1ccc(N2CCC(CCCC(=O)N3CCC[C@H](Cc4ccc(SC(F)(F)F)cc4)C3)CC2)cc1. The zero-order valence-corrected chi connectivity index (χ0v) is 24.4. The van der Waals surface area contributed by atoms with E-state index in [1.807, 2.05) is 4.90 Å². The van der Waals surface area contributed by atoms with Crippen molar-refractivity contribution in [2.45, 2.75) is 95.4 Å². The van der Waals surface area contributed by atoms with Gasteiger partial charge in [0.05, 0.1) is 0 Å². The monoisotopic (exact) mass is 576 g/mol. The van der Waals surface area contributed by atoms with Crippen LogP contribution in [0, 0.1) is 11.8 Å². The van der Waals surface area contributed by atoms with Crippen molar-refractivity contribution in [3.8, 4) is 0 Å². The van der Waals surface area contributed by atoms with E-state index < -0.39 is 5.51 Å². The molecule has 7 heteroatoms. The molecule has 1 amide bonds. The number of likely N-dealkylation sites (tertiary alicyclic amines) is 1. The third-order valence-corrected chi connectivity index (χ3v) is 9.01. The Kier molecular flexibility index (Phi) is 11.5. The summed E-state index contributed by atoms with van der Waals surface area (Å²) < 4.78 is 37.7. The van der Waals surface area contributed by atoms with Gasteiger partial charge in [-0.3, -0.25) is 4.79 Å². The Labute approximate surface area is 243 Å². The topological polar surface area (TPSA) is 23.6 Å². The Balaban J connectivity index is 0.00000441. The number of anilines is 1. The van der Waals surface area contributed by atoms with Gasteiger partial charge >= 0.3 is 5.51 Å². The summed E-state index contributed by atoms with van der Waals surface area (Å²) in [6.45, 7) is 10.5. The van der Waals surface area contributed by atoms with Crippen LogP contribution in [0.5, 0.6) is 0 Å². The number of rotatable bonds is 8. The number of halogens is 3. The maximum Gasteiger partial charge on any atom is 0.446 e. The molecule has 0 aromatic heterocycles. The van der Waals surface area contributed by atoms with Crippen LogP contribution < -0.4 is 4.90 Å². The Hall–Kier alpha value is -2.15. The van der Waals surface area contributed by atoms with Gasteiger partial charge in [-0.05, 0) is 109 Å². The number of hydrogen-bond acceptors (Lipinski definition) is 3. The maximum atomic E-state index is 13.0. The Morgan fingerprint density at radius 1 is 0.900 bits per heavy atom. The summed E-state index contributed by atoms with van der Waals surface area (Å²) in [6, 6.07) is 15.7. The van der Waals surface area contributed by atoms with Crippen LogP contribution >= 0.6 is 11.8 Å². The average molecular weight is 577 g/mol. The Bertz CT molecular complexity index is 1060. The second kappa shape index (κ2) is 14.2. The van der Waals surface area contributed by atoms with Gasteiger partial charge in [0.25, 0.3) is 0 Å². The minimum absolute atomic E-state index is 0. The van der Waals surface area contributed by atoms with Crippen LogP contribution in [0.25, 0.3) is 0 Å². The first-order chi connectivity index (χ1) is 18.5. The molecule has 3 nitrogen and oxygen atoms in total. The Morgan fingerprint density at radius 3 is 2.15 bits per heavy atom. The van der Waals surface area contributed by atoms with Gasteiger partial charge in [0.15, 0.2) is 0 Å². The summed E-state index contributed by atoms with van der Waals surface area (Å²) >= 11 is -0.0777. The molecule has 40 heavy (non-hydrogen) atoms. The first kappa shape index (κ1) is 32.4. The van der Waals surface area contributed by atoms with Gasteiger partial charge in [0.2, 0.25) is 5.91 Å². The number of thioether (sulfide) groups is 1. The average Bonchev–Trinajstić information content (AvgIpc) is 2.89. The maximum absolute atomic E-state index is 13.0. The third kappa shape index (κ3) is 9.74. The predicted molar refractivity (Wildman–Crippen MR) is 162 cm³/mol. The largest absolute Gasteiger partial charge is 0.446 e. The third-order valence-electron chi connectivity index (χ3n) is 8.27. The van der Waals surface area contributed by atoms with Crippen molar-refractivity contribution in [3.63, 3.8) is 0 Å². The van der Waals surface area contributed by atoms with Crippen molar-refractivity contribution >= 4 is 23.4 Å². The minimum Gasteiger partial charge on any atom is -0.372 e. The fourth-order valence-corrected chi connectivity index (χ4v) is 6.51. The van der Waals surface area contributed by atoms with E-state index in [4.69, 9.17) is 0 Å². The molecule has 4 rings (SSSR count). The van der Waals surface area contributed by atoms with Crippen LogP contribution in [0.4, 0.5) is 18.9 Å². The highest BCUT2D eigenvalue weighted by Gasteiger charge is 2.29. The van der Waals surface area contributed by atoms with E-state index in [1.165, 1.54) is 24.1 Å². The molecule has 2 heterocycles. The Morgan fingerprint density at radius 2 is 1.55 bits per heavy atom. The second-order valence-corrected chi connectivity index (χ2v) is 13.5. The van der Waals surface area contributed by atoms with E-state index in [1.54, 1.807) is 24.3 Å². The molecule has 2 aliphatic rings. The van der Waals surface area contributed by atoms with Crippen LogP contribution in [0.3, 0.4) is 0 Å². The summed E-state index contributed by atoms with van der Waals surface area (Å²) in [7, 11) is 0. The number of amides is 1. The van der Waals surface area contributed by atoms with Crippen LogP contribution in [-0.4, -0.2) is 42.5 Å². The number of carbonyl (C=O) groups is 1. The lowest BCUT2D eigenvalue weighted by Gasteiger charge is -2.35. The van der Waals surface area contributed by atoms with Gasteiger partial charge in [0.1, 0.15) is 0 Å². The molecule has 222 valence electrons. The molecule has 0 bridgehead atoms. The lowest BCUT2D eigenvalue weighted by molar-refractivity contribution is -0.133. The number of hydrogen-bond donors (Lipinski definition) is 0. The van der Waals surface area contributed by atoms with Crippen LogP contribution in [-0.2, 0) is 16.6 Å². The quantitative estimate of drug-likeness (QED) is 0.293. The number of carbonyl (C=O) groups excluding carboxylic acids is 1. The van der Waals surface area contributed by atoms with E-state index in [9.17, 15) is 18.0 Å². The van der Waals surface area contributed by atoms with E-state index in [0.29, 0.717) is 18.3 Å². The zero-order chi connectivity index (χ0) is 28.0. The summed E-state index contributed by atoms with van der Waals surface area (Å²) in [4.78, 5) is 17.7. The van der Waals surface area contributed by atoms with Gasteiger partial charge in [0, 0.05) is 43.2 Å². The van der Waals surface area contributed by atoms with Gasteiger partial charge in [-0.1, -0.05) is 52.5 Å². The highest BCUT2D eigenvalue weighted by Crippen LogP contribution is 2.37. The smallest absolute Gasteiger partial charge is 0.372 e. The van der Waals surface area contributed by atoms with Crippen molar-refractivity contribution in [2.24, 2.45) is 11.8 Å². The highest BCUT2D eigenvalue weighted by molar-refractivity contribution is 8.00. The molecule has 0 saturated carbocycles. The first-order valence-electron chi connectivity index (χ1n) is 14.4. The molecule has 0 N–H and O–H groups in total. The van der Waals surface area contributed by atoms with Gasteiger partial charge in [-0.25, -0.2) is 0 Å². The van der Waals surface area contributed by atoms with Crippen molar-refractivity contribution in [1.82, 2.24) is 4.90 Å².